The van der Waals surface area contributed by atoms with E-state index in [4.69, 9.17) is 10.5 Å². The highest BCUT2D eigenvalue weighted by molar-refractivity contribution is 5.83. The molecule has 0 bridgehead atoms. The van der Waals surface area contributed by atoms with Gasteiger partial charge in [0.05, 0.1) is 0 Å². The first-order valence-corrected chi connectivity index (χ1v) is 5.82. The SMILES string of the molecule is CC(C)(C)OC(=O)C1(N)CCCC12CC2. The number of rotatable bonds is 1. The number of nitrogens with two attached hydrogens (primary N) is 1. The molecule has 3 heteroatoms. The summed E-state index contributed by atoms with van der Waals surface area (Å²) >= 11 is 0. The summed E-state index contributed by atoms with van der Waals surface area (Å²) in [6.07, 6.45) is 5.16. The molecule has 2 fully saturated rings. The molecule has 2 saturated carbocycles. The van der Waals surface area contributed by atoms with E-state index in [0.717, 1.165) is 32.1 Å². The van der Waals surface area contributed by atoms with Crippen LogP contribution < -0.4 is 5.73 Å². The van der Waals surface area contributed by atoms with Gasteiger partial charge in [0.1, 0.15) is 11.1 Å². The molecule has 0 aromatic heterocycles. The molecule has 15 heavy (non-hydrogen) atoms. The molecule has 0 saturated heterocycles. The molecule has 86 valence electrons. The highest BCUT2D eigenvalue weighted by atomic mass is 16.6. The van der Waals surface area contributed by atoms with E-state index in [0.29, 0.717) is 0 Å². The zero-order valence-corrected chi connectivity index (χ0v) is 9.93. The van der Waals surface area contributed by atoms with E-state index in [1.165, 1.54) is 0 Å². The fourth-order valence-electron chi connectivity index (χ4n) is 2.73. The molecule has 2 rings (SSSR count). The number of carbonyl (C=O) groups is 1. The van der Waals surface area contributed by atoms with Crippen molar-refractivity contribution in [1.82, 2.24) is 0 Å². The quantitative estimate of drug-likeness (QED) is 0.675. The van der Waals surface area contributed by atoms with Gasteiger partial charge in [0.15, 0.2) is 0 Å². The maximum Gasteiger partial charge on any atom is 0.327 e. The molecule has 0 radical (unpaired) electrons. The smallest absolute Gasteiger partial charge is 0.327 e. The molecule has 1 spiro atoms. The fourth-order valence-corrected chi connectivity index (χ4v) is 2.73. The number of esters is 1. The van der Waals surface area contributed by atoms with Crippen molar-refractivity contribution in [3.05, 3.63) is 0 Å². The van der Waals surface area contributed by atoms with Crippen LogP contribution in [0.15, 0.2) is 0 Å². The molecule has 0 amide bonds. The molecule has 0 aliphatic heterocycles. The molecule has 2 N–H and O–H groups in total. The van der Waals surface area contributed by atoms with Crippen molar-refractivity contribution in [1.29, 1.82) is 0 Å². The zero-order valence-electron chi connectivity index (χ0n) is 9.93. The van der Waals surface area contributed by atoms with Crippen LogP contribution in [0.4, 0.5) is 0 Å². The van der Waals surface area contributed by atoms with Crippen molar-refractivity contribution in [2.45, 2.75) is 64.0 Å². The van der Waals surface area contributed by atoms with E-state index >= 15 is 0 Å². The van der Waals surface area contributed by atoms with Gasteiger partial charge in [0.2, 0.25) is 0 Å². The first-order chi connectivity index (χ1) is 6.79. The molecule has 1 atom stereocenters. The lowest BCUT2D eigenvalue weighted by Crippen LogP contribution is -2.54. The lowest BCUT2D eigenvalue weighted by atomic mass is 9.85. The van der Waals surface area contributed by atoms with E-state index in [9.17, 15) is 4.79 Å². The summed E-state index contributed by atoms with van der Waals surface area (Å²) in [5.74, 6) is -0.190. The molecule has 3 nitrogen and oxygen atoms in total. The van der Waals surface area contributed by atoms with Gasteiger partial charge in [-0.3, -0.25) is 4.79 Å². The molecule has 2 aliphatic carbocycles. The van der Waals surface area contributed by atoms with Gasteiger partial charge in [-0.25, -0.2) is 0 Å². The zero-order chi connectivity index (χ0) is 11.3. The van der Waals surface area contributed by atoms with Gasteiger partial charge in [-0.2, -0.15) is 0 Å². The van der Waals surface area contributed by atoms with Crippen LogP contribution in [0.5, 0.6) is 0 Å². The Morgan fingerprint density at radius 1 is 1.20 bits per heavy atom. The van der Waals surface area contributed by atoms with Gasteiger partial charge in [-0.05, 0) is 51.9 Å². The summed E-state index contributed by atoms with van der Waals surface area (Å²) in [6, 6.07) is 0. The van der Waals surface area contributed by atoms with Crippen LogP contribution in [0.3, 0.4) is 0 Å². The second-order valence-corrected chi connectivity index (χ2v) is 6.11. The number of hydrogen-bond acceptors (Lipinski definition) is 3. The van der Waals surface area contributed by atoms with Crippen LogP contribution in [0.2, 0.25) is 0 Å². The average Bonchev–Trinajstić information content (AvgIpc) is 2.74. The predicted molar refractivity (Wildman–Crippen MR) is 58.3 cm³/mol. The largest absolute Gasteiger partial charge is 0.459 e. The second-order valence-electron chi connectivity index (χ2n) is 6.11. The topological polar surface area (TPSA) is 52.3 Å². The predicted octanol–water partition coefficient (Wildman–Crippen LogP) is 1.99. The van der Waals surface area contributed by atoms with Gasteiger partial charge < -0.3 is 10.5 Å². The minimum atomic E-state index is -0.694. The highest BCUT2D eigenvalue weighted by Gasteiger charge is 2.64. The van der Waals surface area contributed by atoms with E-state index in [1.807, 2.05) is 20.8 Å². The third-order valence-electron chi connectivity index (χ3n) is 3.79. The third kappa shape index (κ3) is 1.67. The fraction of sp³-hybridized carbons (Fsp3) is 0.917. The first-order valence-electron chi connectivity index (χ1n) is 5.82. The van der Waals surface area contributed by atoms with Gasteiger partial charge in [-0.1, -0.05) is 6.42 Å². The Morgan fingerprint density at radius 2 is 1.80 bits per heavy atom. The van der Waals surface area contributed by atoms with Crippen molar-refractivity contribution in [2.75, 3.05) is 0 Å². The summed E-state index contributed by atoms with van der Waals surface area (Å²) in [5.41, 5.74) is 5.25. The Balaban J connectivity index is 2.12. The van der Waals surface area contributed by atoms with Gasteiger partial charge in [0.25, 0.3) is 0 Å². The number of carbonyl (C=O) groups excluding carboxylic acids is 1. The molecule has 0 aromatic carbocycles. The van der Waals surface area contributed by atoms with Crippen LogP contribution in [0.1, 0.15) is 52.9 Å². The molecule has 2 aliphatic rings. The van der Waals surface area contributed by atoms with Gasteiger partial charge in [0, 0.05) is 0 Å². The molecule has 0 aromatic rings. The summed E-state index contributed by atoms with van der Waals surface area (Å²) in [4.78, 5) is 12.1. The molecular weight excluding hydrogens is 190 g/mol. The van der Waals surface area contributed by atoms with Crippen LogP contribution >= 0.6 is 0 Å². The Hall–Kier alpha value is -0.570. The Labute approximate surface area is 91.4 Å². The van der Waals surface area contributed by atoms with Crippen molar-refractivity contribution >= 4 is 5.97 Å². The summed E-state index contributed by atoms with van der Waals surface area (Å²) in [6.45, 7) is 5.67. The second kappa shape index (κ2) is 2.97. The lowest BCUT2D eigenvalue weighted by molar-refractivity contribution is -0.163. The van der Waals surface area contributed by atoms with Crippen molar-refractivity contribution < 1.29 is 9.53 Å². The monoisotopic (exact) mass is 211 g/mol. The van der Waals surface area contributed by atoms with Crippen LogP contribution in [0, 0.1) is 5.41 Å². The minimum Gasteiger partial charge on any atom is -0.459 e. The lowest BCUT2D eigenvalue weighted by Gasteiger charge is -2.32. The summed E-state index contributed by atoms with van der Waals surface area (Å²) < 4.78 is 5.44. The van der Waals surface area contributed by atoms with Gasteiger partial charge in [-0.15, -0.1) is 0 Å². The summed E-state index contributed by atoms with van der Waals surface area (Å²) in [7, 11) is 0. The van der Waals surface area contributed by atoms with E-state index in [2.05, 4.69) is 0 Å². The number of ether oxygens (including phenoxy) is 1. The normalized spacial score (nSPS) is 33.1. The van der Waals surface area contributed by atoms with Crippen molar-refractivity contribution in [3.8, 4) is 0 Å². The van der Waals surface area contributed by atoms with Crippen LogP contribution in [0.25, 0.3) is 0 Å². The maximum absolute atomic E-state index is 12.1. The first kappa shape index (κ1) is 10.9. The van der Waals surface area contributed by atoms with E-state index < -0.39 is 11.1 Å². The van der Waals surface area contributed by atoms with E-state index in [-0.39, 0.29) is 11.4 Å². The van der Waals surface area contributed by atoms with Gasteiger partial charge >= 0.3 is 5.97 Å². The minimum absolute atomic E-state index is 0.0926. The Bertz CT molecular complexity index is 288. The summed E-state index contributed by atoms with van der Waals surface area (Å²) in [5, 5.41) is 0. The average molecular weight is 211 g/mol. The van der Waals surface area contributed by atoms with Crippen molar-refractivity contribution in [3.63, 3.8) is 0 Å². The Morgan fingerprint density at radius 3 is 2.27 bits per heavy atom. The number of hydrogen-bond donors (Lipinski definition) is 1. The molecule has 0 heterocycles. The standard InChI is InChI=1S/C12H21NO2/c1-10(2,3)15-9(14)12(13)6-4-5-11(12)7-8-11/h4-8,13H2,1-3H3. The third-order valence-corrected chi connectivity index (χ3v) is 3.79. The van der Waals surface area contributed by atoms with Crippen LogP contribution in [-0.2, 0) is 9.53 Å². The molecule has 1 unspecified atom stereocenters. The van der Waals surface area contributed by atoms with E-state index in [1.54, 1.807) is 0 Å². The van der Waals surface area contributed by atoms with Crippen molar-refractivity contribution in [2.24, 2.45) is 11.1 Å². The Kier molecular flexibility index (Phi) is 2.16. The van der Waals surface area contributed by atoms with Crippen LogP contribution in [-0.4, -0.2) is 17.1 Å². The highest BCUT2D eigenvalue weighted by Crippen LogP contribution is 2.62. The molecular formula is C12H21NO2. The maximum atomic E-state index is 12.1.